The van der Waals surface area contributed by atoms with E-state index in [1.807, 2.05) is 23.6 Å². The predicted molar refractivity (Wildman–Crippen MR) is 191 cm³/mol. The molecule has 0 aliphatic rings. The Labute approximate surface area is 262 Å². The average Bonchev–Trinajstić information content (AvgIpc) is 3.75. The summed E-state index contributed by atoms with van der Waals surface area (Å²) < 4.78 is 7.33. The van der Waals surface area contributed by atoms with Crippen LogP contribution < -0.4 is 0 Å². The van der Waals surface area contributed by atoms with Gasteiger partial charge in [0.25, 0.3) is 0 Å². The van der Waals surface area contributed by atoms with Gasteiger partial charge in [0.15, 0.2) is 0 Å². The fourth-order valence-electron chi connectivity index (χ4n) is 7.23. The molecule has 0 saturated carbocycles. The van der Waals surface area contributed by atoms with Crippen molar-refractivity contribution in [2.75, 3.05) is 0 Å². The van der Waals surface area contributed by atoms with E-state index in [4.69, 9.17) is 0 Å². The second kappa shape index (κ2) is 9.39. The Hall–Kier alpha value is -5.71. The molecule has 210 valence electrons. The van der Waals surface area contributed by atoms with Gasteiger partial charge in [-0.25, -0.2) is 0 Å². The van der Waals surface area contributed by atoms with Gasteiger partial charge in [0.2, 0.25) is 0 Å². The highest BCUT2D eigenvalue weighted by atomic mass is 32.1. The first-order chi connectivity index (χ1) is 22.3. The number of benzene rings is 6. The van der Waals surface area contributed by atoms with Crippen LogP contribution in [-0.2, 0) is 0 Å². The van der Waals surface area contributed by atoms with E-state index in [0.29, 0.717) is 0 Å². The largest absolute Gasteiger partial charge is 0.309 e. The Morgan fingerprint density at radius 3 is 1.76 bits per heavy atom. The van der Waals surface area contributed by atoms with Crippen molar-refractivity contribution in [2.24, 2.45) is 0 Å². The highest BCUT2D eigenvalue weighted by Crippen LogP contribution is 2.43. The zero-order chi connectivity index (χ0) is 29.5. The van der Waals surface area contributed by atoms with E-state index >= 15 is 0 Å². The van der Waals surface area contributed by atoms with Crippen LogP contribution in [0, 0.1) is 0 Å². The molecule has 45 heavy (non-hydrogen) atoms. The molecular weight excluding hydrogens is 567 g/mol. The highest BCUT2D eigenvalue weighted by Gasteiger charge is 2.21. The molecule has 0 bridgehead atoms. The van der Waals surface area contributed by atoms with Crippen molar-refractivity contribution in [1.82, 2.24) is 14.1 Å². The Kier molecular flexibility index (Phi) is 5.16. The van der Waals surface area contributed by atoms with Crippen molar-refractivity contribution in [1.29, 1.82) is 0 Å². The van der Waals surface area contributed by atoms with E-state index in [9.17, 15) is 0 Å². The number of thiophene rings is 1. The van der Waals surface area contributed by atoms with E-state index in [0.717, 1.165) is 11.2 Å². The first-order valence-corrected chi connectivity index (χ1v) is 16.0. The SMILES string of the molecule is c1ccc(-n2c3ccccc3c3c4c5ccc(-c6ccc7c(c6)sc6cccnc67)cc5n(-c5ccccc5)c4ccc32)cc1. The maximum Gasteiger partial charge on any atom is 0.0888 e. The molecule has 0 unspecified atom stereocenters. The number of fused-ring (bicyclic) bond motifs is 10. The summed E-state index contributed by atoms with van der Waals surface area (Å²) in [6.45, 7) is 0. The van der Waals surface area contributed by atoms with Crippen molar-refractivity contribution in [2.45, 2.75) is 0 Å². The Bertz CT molecular complexity index is 2750. The average molecular weight is 592 g/mol. The molecule has 0 aliphatic heterocycles. The molecule has 0 radical (unpaired) electrons. The zero-order valence-electron chi connectivity index (χ0n) is 24.2. The number of aromatic nitrogens is 3. The molecule has 0 N–H and O–H groups in total. The van der Waals surface area contributed by atoms with Gasteiger partial charge in [-0.2, -0.15) is 0 Å². The van der Waals surface area contributed by atoms with Gasteiger partial charge in [0, 0.05) is 49.2 Å². The lowest BCUT2D eigenvalue weighted by Gasteiger charge is -2.09. The van der Waals surface area contributed by atoms with E-state index in [1.165, 1.54) is 75.2 Å². The summed E-state index contributed by atoms with van der Waals surface area (Å²) in [5.74, 6) is 0. The summed E-state index contributed by atoms with van der Waals surface area (Å²) in [6.07, 6.45) is 1.88. The van der Waals surface area contributed by atoms with E-state index < -0.39 is 0 Å². The number of rotatable bonds is 3. The maximum atomic E-state index is 4.65. The summed E-state index contributed by atoms with van der Waals surface area (Å²) >= 11 is 1.81. The van der Waals surface area contributed by atoms with Gasteiger partial charge >= 0.3 is 0 Å². The van der Waals surface area contributed by atoms with Crippen LogP contribution in [0.1, 0.15) is 0 Å². The number of nitrogens with zero attached hydrogens (tertiary/aromatic N) is 3. The van der Waals surface area contributed by atoms with Crippen LogP contribution in [0.15, 0.2) is 152 Å². The van der Waals surface area contributed by atoms with Crippen LogP contribution in [0.3, 0.4) is 0 Å². The van der Waals surface area contributed by atoms with Crippen molar-refractivity contribution in [3.63, 3.8) is 0 Å². The van der Waals surface area contributed by atoms with Crippen molar-refractivity contribution in [3.8, 4) is 22.5 Å². The monoisotopic (exact) mass is 591 g/mol. The van der Waals surface area contributed by atoms with Crippen LogP contribution in [0.2, 0.25) is 0 Å². The fraction of sp³-hybridized carbons (Fsp3) is 0. The topological polar surface area (TPSA) is 22.8 Å². The molecule has 4 heteroatoms. The Morgan fingerprint density at radius 2 is 1.02 bits per heavy atom. The summed E-state index contributed by atoms with van der Waals surface area (Å²) in [7, 11) is 0. The lowest BCUT2D eigenvalue weighted by atomic mass is 10.0. The van der Waals surface area contributed by atoms with Crippen LogP contribution in [0.25, 0.3) is 86.4 Å². The molecule has 10 aromatic rings. The van der Waals surface area contributed by atoms with Gasteiger partial charge in [0.05, 0.1) is 32.3 Å². The molecule has 0 atom stereocenters. The Morgan fingerprint density at radius 1 is 0.422 bits per heavy atom. The number of para-hydroxylation sites is 3. The normalized spacial score (nSPS) is 12.0. The van der Waals surface area contributed by atoms with Crippen LogP contribution in [0.5, 0.6) is 0 Å². The molecular formula is C41H25N3S. The quantitative estimate of drug-likeness (QED) is 0.200. The van der Waals surface area contributed by atoms with E-state index in [1.54, 1.807) is 0 Å². The van der Waals surface area contributed by atoms with Gasteiger partial charge in [0.1, 0.15) is 0 Å². The van der Waals surface area contributed by atoms with Gasteiger partial charge in [-0.3, -0.25) is 4.98 Å². The molecule has 0 saturated heterocycles. The third-order valence-corrected chi connectivity index (χ3v) is 10.3. The molecule has 0 amide bonds. The van der Waals surface area contributed by atoms with Crippen molar-refractivity contribution < 1.29 is 0 Å². The van der Waals surface area contributed by atoms with Gasteiger partial charge < -0.3 is 9.13 Å². The Balaban J connectivity index is 1.30. The van der Waals surface area contributed by atoms with Crippen molar-refractivity contribution in [3.05, 3.63) is 152 Å². The molecule has 0 aliphatic carbocycles. The highest BCUT2D eigenvalue weighted by molar-refractivity contribution is 7.25. The molecule has 3 nitrogen and oxygen atoms in total. The lowest BCUT2D eigenvalue weighted by molar-refractivity contribution is 1.17. The molecule has 0 fully saturated rings. The minimum Gasteiger partial charge on any atom is -0.309 e. The first-order valence-electron chi connectivity index (χ1n) is 15.2. The third kappa shape index (κ3) is 3.54. The molecule has 0 spiro atoms. The van der Waals surface area contributed by atoms with Crippen molar-refractivity contribution >= 4 is 75.3 Å². The van der Waals surface area contributed by atoms with E-state index in [2.05, 4.69) is 154 Å². The van der Waals surface area contributed by atoms with Gasteiger partial charge in [-0.15, -0.1) is 11.3 Å². The number of hydrogen-bond donors (Lipinski definition) is 0. The minimum atomic E-state index is 1.09. The smallest absolute Gasteiger partial charge is 0.0888 e. The summed E-state index contributed by atoms with van der Waals surface area (Å²) in [6, 6.07) is 52.8. The molecule has 6 aromatic carbocycles. The van der Waals surface area contributed by atoms with Crippen LogP contribution >= 0.6 is 11.3 Å². The molecule has 4 heterocycles. The fourth-order valence-corrected chi connectivity index (χ4v) is 8.34. The molecule has 10 rings (SSSR count). The predicted octanol–water partition coefficient (Wildman–Crippen LogP) is 11.3. The van der Waals surface area contributed by atoms with Gasteiger partial charge in [-0.1, -0.05) is 78.9 Å². The van der Waals surface area contributed by atoms with Crippen LogP contribution in [0.4, 0.5) is 0 Å². The summed E-state index contributed by atoms with van der Waals surface area (Å²) in [4.78, 5) is 4.65. The lowest BCUT2D eigenvalue weighted by Crippen LogP contribution is -1.94. The zero-order valence-corrected chi connectivity index (χ0v) is 25.0. The minimum absolute atomic E-state index is 1.09. The van der Waals surface area contributed by atoms with E-state index in [-0.39, 0.29) is 0 Å². The number of hydrogen-bond acceptors (Lipinski definition) is 2. The molecule has 4 aromatic heterocycles. The second-order valence-corrected chi connectivity index (χ2v) is 12.7. The summed E-state index contributed by atoms with van der Waals surface area (Å²) in [5, 5.41) is 6.32. The first kappa shape index (κ1) is 24.7. The second-order valence-electron chi connectivity index (χ2n) is 11.6. The maximum absolute atomic E-state index is 4.65. The standard InChI is InChI=1S/C41H25N3S/c1-3-10-28(11-4-1)43-33-15-8-7-14-30(33)39-34(43)21-22-35-40(39)31-19-17-26(24-36(31)44(35)29-12-5-2-6-13-29)27-18-20-32-38(25-27)45-37-16-9-23-42-41(32)37/h1-25H. The number of pyridine rings is 1. The third-order valence-electron chi connectivity index (χ3n) is 9.15. The van der Waals surface area contributed by atoms with Gasteiger partial charge in [-0.05, 0) is 77.9 Å². The summed E-state index contributed by atoms with van der Waals surface area (Å²) in [5.41, 5.74) is 10.7. The van der Waals surface area contributed by atoms with Crippen LogP contribution in [-0.4, -0.2) is 14.1 Å².